The molecular formula is C22H21N3O2. The number of amides is 1. The fourth-order valence-electron chi connectivity index (χ4n) is 3.63. The number of rotatable bonds is 4. The molecular weight excluding hydrogens is 338 g/mol. The minimum absolute atomic E-state index is 0.0500. The van der Waals surface area contributed by atoms with E-state index in [0.717, 1.165) is 42.0 Å². The van der Waals surface area contributed by atoms with Crippen molar-refractivity contribution in [3.63, 3.8) is 0 Å². The SMILES string of the molecule is O=C(N[C@H]1CCOc2ccccc21)c1cc(C2CC2)nn1-c1ccccc1. The molecule has 1 aliphatic heterocycles. The smallest absolute Gasteiger partial charge is 0.270 e. The van der Waals surface area contributed by atoms with E-state index in [1.807, 2.05) is 60.7 Å². The fourth-order valence-corrected chi connectivity index (χ4v) is 3.63. The number of para-hydroxylation sites is 2. The molecule has 1 N–H and O–H groups in total. The molecule has 1 aromatic heterocycles. The monoisotopic (exact) mass is 359 g/mol. The Morgan fingerprint density at radius 3 is 2.63 bits per heavy atom. The molecule has 0 unspecified atom stereocenters. The van der Waals surface area contributed by atoms with Crippen LogP contribution in [0, 0.1) is 0 Å². The van der Waals surface area contributed by atoms with Gasteiger partial charge in [-0.05, 0) is 37.1 Å². The van der Waals surface area contributed by atoms with E-state index in [-0.39, 0.29) is 11.9 Å². The highest BCUT2D eigenvalue weighted by Crippen LogP contribution is 2.40. The van der Waals surface area contributed by atoms with Gasteiger partial charge in [-0.15, -0.1) is 0 Å². The molecule has 5 rings (SSSR count). The maximum absolute atomic E-state index is 13.2. The minimum atomic E-state index is -0.0973. The third kappa shape index (κ3) is 3.10. The zero-order valence-corrected chi connectivity index (χ0v) is 15.0. The van der Waals surface area contributed by atoms with Crippen molar-refractivity contribution in [1.82, 2.24) is 15.1 Å². The van der Waals surface area contributed by atoms with Crippen LogP contribution in [0.5, 0.6) is 5.75 Å². The largest absolute Gasteiger partial charge is 0.493 e. The van der Waals surface area contributed by atoms with Gasteiger partial charge in [-0.25, -0.2) is 4.68 Å². The van der Waals surface area contributed by atoms with Crippen molar-refractivity contribution in [2.24, 2.45) is 0 Å². The summed E-state index contributed by atoms with van der Waals surface area (Å²) >= 11 is 0. The van der Waals surface area contributed by atoms with Crippen molar-refractivity contribution in [1.29, 1.82) is 0 Å². The van der Waals surface area contributed by atoms with Crippen LogP contribution in [0.1, 0.15) is 53.0 Å². The lowest BCUT2D eigenvalue weighted by Gasteiger charge is -2.26. The zero-order valence-electron chi connectivity index (χ0n) is 15.0. The summed E-state index contributed by atoms with van der Waals surface area (Å²) in [4.78, 5) is 13.2. The summed E-state index contributed by atoms with van der Waals surface area (Å²) in [7, 11) is 0. The first-order chi connectivity index (χ1) is 13.3. The molecule has 3 aromatic rings. The quantitative estimate of drug-likeness (QED) is 0.766. The number of nitrogens with one attached hydrogen (secondary N) is 1. The van der Waals surface area contributed by atoms with Gasteiger partial charge in [0.2, 0.25) is 0 Å². The Hall–Kier alpha value is -3.08. The standard InChI is InChI=1S/C22H21N3O2/c26-22(23-18-12-13-27-21-9-5-4-8-17(18)21)20-14-19(15-10-11-15)24-25(20)16-6-2-1-3-7-16/h1-9,14-15,18H,10-13H2,(H,23,26)/t18-/m0/s1. The van der Waals surface area contributed by atoms with Gasteiger partial charge in [-0.1, -0.05) is 36.4 Å². The van der Waals surface area contributed by atoms with E-state index in [4.69, 9.17) is 9.84 Å². The van der Waals surface area contributed by atoms with Gasteiger partial charge in [0.15, 0.2) is 0 Å². The molecule has 2 heterocycles. The predicted octanol–water partition coefficient (Wildman–Crippen LogP) is 4.00. The highest BCUT2D eigenvalue weighted by atomic mass is 16.5. The molecule has 1 aliphatic carbocycles. The zero-order chi connectivity index (χ0) is 18.2. The number of aromatic nitrogens is 2. The van der Waals surface area contributed by atoms with E-state index < -0.39 is 0 Å². The van der Waals surface area contributed by atoms with Gasteiger partial charge in [0.05, 0.1) is 24.0 Å². The maximum atomic E-state index is 13.2. The Labute approximate surface area is 158 Å². The summed E-state index contributed by atoms with van der Waals surface area (Å²) in [5, 5.41) is 7.93. The van der Waals surface area contributed by atoms with E-state index in [2.05, 4.69) is 5.32 Å². The predicted molar refractivity (Wildman–Crippen MR) is 102 cm³/mol. The number of ether oxygens (including phenoxy) is 1. The van der Waals surface area contributed by atoms with Crippen LogP contribution in [0.4, 0.5) is 0 Å². The van der Waals surface area contributed by atoms with E-state index in [0.29, 0.717) is 18.2 Å². The second kappa shape index (κ2) is 6.58. The molecule has 0 spiro atoms. The Bertz CT molecular complexity index is 976. The molecule has 136 valence electrons. The van der Waals surface area contributed by atoms with Gasteiger partial charge in [0, 0.05) is 17.9 Å². The summed E-state index contributed by atoms with van der Waals surface area (Å²) in [6.45, 7) is 0.604. The van der Waals surface area contributed by atoms with Crippen LogP contribution >= 0.6 is 0 Å². The Kier molecular flexibility index (Phi) is 3.93. The molecule has 1 amide bonds. The van der Waals surface area contributed by atoms with Gasteiger partial charge in [0.25, 0.3) is 5.91 Å². The molecule has 0 bridgehead atoms. The first-order valence-corrected chi connectivity index (χ1v) is 9.47. The Morgan fingerprint density at radius 1 is 1.04 bits per heavy atom. The third-order valence-corrected chi connectivity index (χ3v) is 5.22. The molecule has 1 fully saturated rings. The number of hydrogen-bond acceptors (Lipinski definition) is 3. The Balaban J connectivity index is 1.47. The van der Waals surface area contributed by atoms with Gasteiger partial charge in [0.1, 0.15) is 11.4 Å². The summed E-state index contributed by atoms with van der Waals surface area (Å²) in [6.07, 6.45) is 3.07. The first-order valence-electron chi connectivity index (χ1n) is 9.47. The number of benzene rings is 2. The maximum Gasteiger partial charge on any atom is 0.270 e. The van der Waals surface area contributed by atoms with Crippen molar-refractivity contribution in [3.8, 4) is 11.4 Å². The van der Waals surface area contributed by atoms with E-state index in [1.54, 1.807) is 4.68 Å². The van der Waals surface area contributed by atoms with Crippen molar-refractivity contribution < 1.29 is 9.53 Å². The number of nitrogens with zero attached hydrogens (tertiary/aromatic N) is 2. The molecule has 2 aromatic carbocycles. The fraction of sp³-hybridized carbons (Fsp3) is 0.273. The molecule has 5 nitrogen and oxygen atoms in total. The summed E-state index contributed by atoms with van der Waals surface area (Å²) in [6, 6.07) is 19.6. The first kappa shape index (κ1) is 16.1. The summed E-state index contributed by atoms with van der Waals surface area (Å²) in [5.41, 5.74) is 3.54. The van der Waals surface area contributed by atoms with Crippen LogP contribution in [0.2, 0.25) is 0 Å². The molecule has 1 saturated carbocycles. The second-order valence-corrected chi connectivity index (χ2v) is 7.18. The number of carbonyl (C=O) groups excluding carboxylic acids is 1. The number of carbonyl (C=O) groups is 1. The highest BCUT2D eigenvalue weighted by Gasteiger charge is 2.30. The van der Waals surface area contributed by atoms with E-state index >= 15 is 0 Å². The summed E-state index contributed by atoms with van der Waals surface area (Å²) in [5.74, 6) is 1.24. The van der Waals surface area contributed by atoms with E-state index in [9.17, 15) is 4.79 Å². The molecule has 2 aliphatic rings. The molecule has 27 heavy (non-hydrogen) atoms. The Morgan fingerprint density at radius 2 is 1.81 bits per heavy atom. The van der Waals surface area contributed by atoms with Crippen LogP contribution in [-0.4, -0.2) is 22.3 Å². The van der Waals surface area contributed by atoms with Crippen LogP contribution in [0.15, 0.2) is 60.7 Å². The van der Waals surface area contributed by atoms with E-state index in [1.165, 1.54) is 0 Å². The lowest BCUT2D eigenvalue weighted by molar-refractivity contribution is 0.0917. The van der Waals surface area contributed by atoms with Crippen molar-refractivity contribution >= 4 is 5.91 Å². The van der Waals surface area contributed by atoms with Gasteiger partial charge < -0.3 is 10.1 Å². The summed E-state index contributed by atoms with van der Waals surface area (Å²) < 4.78 is 7.48. The topological polar surface area (TPSA) is 56.1 Å². The van der Waals surface area contributed by atoms with Gasteiger partial charge >= 0.3 is 0 Å². The van der Waals surface area contributed by atoms with Crippen molar-refractivity contribution in [2.75, 3.05) is 6.61 Å². The number of hydrogen-bond donors (Lipinski definition) is 1. The van der Waals surface area contributed by atoms with Crippen LogP contribution in [-0.2, 0) is 0 Å². The second-order valence-electron chi connectivity index (χ2n) is 7.18. The molecule has 5 heteroatoms. The van der Waals surface area contributed by atoms with Gasteiger partial charge in [-0.2, -0.15) is 5.10 Å². The average Bonchev–Trinajstić information content (AvgIpc) is 3.47. The van der Waals surface area contributed by atoms with Crippen LogP contribution in [0.3, 0.4) is 0 Å². The highest BCUT2D eigenvalue weighted by molar-refractivity contribution is 5.93. The van der Waals surface area contributed by atoms with Crippen LogP contribution in [0.25, 0.3) is 5.69 Å². The minimum Gasteiger partial charge on any atom is -0.493 e. The van der Waals surface area contributed by atoms with Crippen molar-refractivity contribution in [2.45, 2.75) is 31.2 Å². The van der Waals surface area contributed by atoms with Crippen molar-refractivity contribution in [3.05, 3.63) is 77.6 Å². The van der Waals surface area contributed by atoms with Gasteiger partial charge in [-0.3, -0.25) is 4.79 Å². The lowest BCUT2D eigenvalue weighted by atomic mass is 10.0. The molecule has 0 radical (unpaired) electrons. The average molecular weight is 359 g/mol. The normalized spacial score (nSPS) is 18.4. The van der Waals surface area contributed by atoms with Crippen LogP contribution < -0.4 is 10.1 Å². The number of fused-ring (bicyclic) bond motifs is 1. The molecule has 1 atom stereocenters. The molecule has 0 saturated heterocycles. The lowest BCUT2D eigenvalue weighted by Crippen LogP contribution is -2.33. The third-order valence-electron chi connectivity index (χ3n) is 5.22.